The van der Waals surface area contributed by atoms with Gasteiger partial charge in [0.15, 0.2) is 6.61 Å². The van der Waals surface area contributed by atoms with Crippen molar-refractivity contribution in [3.8, 4) is 5.75 Å². The molecule has 1 aromatic carbocycles. The van der Waals surface area contributed by atoms with E-state index in [1.54, 1.807) is 4.90 Å². The van der Waals surface area contributed by atoms with Crippen molar-refractivity contribution in [3.63, 3.8) is 0 Å². The molecule has 0 bridgehead atoms. The van der Waals surface area contributed by atoms with Gasteiger partial charge in [0.1, 0.15) is 5.75 Å². The Morgan fingerprint density at radius 1 is 1.00 bits per heavy atom. The second kappa shape index (κ2) is 8.41. The summed E-state index contributed by atoms with van der Waals surface area (Å²) in [5.41, 5.74) is 0. The molecule has 5 nitrogen and oxygen atoms in total. The average molecular weight is 304 g/mol. The van der Waals surface area contributed by atoms with Crippen molar-refractivity contribution in [3.05, 3.63) is 30.3 Å². The Kier molecular flexibility index (Phi) is 6.25. The van der Waals surface area contributed by atoms with Gasteiger partial charge in [0.25, 0.3) is 5.91 Å². The number of rotatable bonds is 6. The molecule has 0 aliphatic carbocycles. The summed E-state index contributed by atoms with van der Waals surface area (Å²) in [5, 5.41) is 0. The van der Waals surface area contributed by atoms with E-state index in [0.29, 0.717) is 38.3 Å². The van der Waals surface area contributed by atoms with Crippen LogP contribution in [0.2, 0.25) is 0 Å². The van der Waals surface area contributed by atoms with Crippen LogP contribution >= 0.6 is 0 Å². The lowest BCUT2D eigenvalue weighted by molar-refractivity contribution is -0.140. The second-order valence-electron chi connectivity index (χ2n) is 5.47. The number of carbonyl (C=O) groups is 2. The van der Waals surface area contributed by atoms with E-state index in [-0.39, 0.29) is 18.4 Å². The van der Waals surface area contributed by atoms with Crippen molar-refractivity contribution in [2.75, 3.05) is 32.8 Å². The molecule has 1 fully saturated rings. The van der Waals surface area contributed by atoms with E-state index in [1.807, 2.05) is 35.2 Å². The first-order valence-electron chi connectivity index (χ1n) is 7.94. The summed E-state index contributed by atoms with van der Waals surface area (Å²) in [7, 11) is 0. The van der Waals surface area contributed by atoms with Crippen molar-refractivity contribution in [1.29, 1.82) is 0 Å². The van der Waals surface area contributed by atoms with Gasteiger partial charge in [-0.05, 0) is 18.6 Å². The molecule has 1 saturated heterocycles. The Morgan fingerprint density at radius 3 is 2.18 bits per heavy atom. The minimum Gasteiger partial charge on any atom is -0.484 e. The van der Waals surface area contributed by atoms with Gasteiger partial charge in [-0.3, -0.25) is 9.59 Å². The van der Waals surface area contributed by atoms with E-state index in [4.69, 9.17) is 4.74 Å². The van der Waals surface area contributed by atoms with Crippen LogP contribution in [0.5, 0.6) is 5.75 Å². The van der Waals surface area contributed by atoms with Gasteiger partial charge in [0, 0.05) is 32.6 Å². The molecule has 0 spiro atoms. The molecule has 1 aromatic rings. The molecule has 0 N–H and O–H groups in total. The minimum absolute atomic E-state index is 0.0236. The van der Waals surface area contributed by atoms with Crippen molar-refractivity contribution in [2.45, 2.75) is 26.2 Å². The van der Waals surface area contributed by atoms with Gasteiger partial charge in [-0.15, -0.1) is 0 Å². The standard InChI is InChI=1S/C17H24N2O3/c1-2-3-9-16(20)18-10-12-19(13-11-18)17(21)14-22-15-7-5-4-6-8-15/h4-8H,2-3,9-14H2,1H3. The lowest BCUT2D eigenvalue weighted by Crippen LogP contribution is -2.51. The van der Waals surface area contributed by atoms with Gasteiger partial charge in [0.05, 0.1) is 0 Å². The first-order chi connectivity index (χ1) is 10.7. The monoisotopic (exact) mass is 304 g/mol. The number of nitrogens with zero attached hydrogens (tertiary/aromatic N) is 2. The Labute approximate surface area is 131 Å². The Bertz CT molecular complexity index is 482. The molecule has 0 radical (unpaired) electrons. The zero-order valence-electron chi connectivity index (χ0n) is 13.2. The molecule has 0 aromatic heterocycles. The van der Waals surface area contributed by atoms with E-state index in [1.165, 1.54) is 0 Å². The molecule has 5 heteroatoms. The number of ether oxygens (including phenoxy) is 1. The normalized spacial score (nSPS) is 14.8. The molecular weight excluding hydrogens is 280 g/mol. The quantitative estimate of drug-likeness (QED) is 0.807. The molecule has 1 aliphatic rings. The van der Waals surface area contributed by atoms with E-state index in [0.717, 1.165) is 12.8 Å². The van der Waals surface area contributed by atoms with Crippen LogP contribution in [0.1, 0.15) is 26.2 Å². The predicted octanol–water partition coefficient (Wildman–Crippen LogP) is 1.93. The van der Waals surface area contributed by atoms with E-state index in [9.17, 15) is 9.59 Å². The van der Waals surface area contributed by atoms with Gasteiger partial charge in [-0.25, -0.2) is 0 Å². The highest BCUT2D eigenvalue weighted by Gasteiger charge is 2.23. The molecule has 0 atom stereocenters. The smallest absolute Gasteiger partial charge is 0.260 e. The average Bonchev–Trinajstić information content (AvgIpc) is 2.58. The first kappa shape index (κ1) is 16.3. The Balaban J connectivity index is 1.72. The molecule has 1 heterocycles. The predicted molar refractivity (Wildman–Crippen MR) is 84.6 cm³/mol. The van der Waals surface area contributed by atoms with Crippen molar-refractivity contribution >= 4 is 11.8 Å². The maximum Gasteiger partial charge on any atom is 0.260 e. The topological polar surface area (TPSA) is 49.9 Å². The molecule has 22 heavy (non-hydrogen) atoms. The summed E-state index contributed by atoms with van der Waals surface area (Å²) in [4.78, 5) is 27.7. The van der Waals surface area contributed by atoms with Gasteiger partial charge in [0.2, 0.25) is 5.91 Å². The first-order valence-corrected chi connectivity index (χ1v) is 7.94. The fraction of sp³-hybridized carbons (Fsp3) is 0.529. The number of piperazine rings is 1. The van der Waals surface area contributed by atoms with E-state index >= 15 is 0 Å². The van der Waals surface area contributed by atoms with Crippen molar-refractivity contribution in [2.24, 2.45) is 0 Å². The molecular formula is C17H24N2O3. The third-order valence-electron chi connectivity index (χ3n) is 3.83. The van der Waals surface area contributed by atoms with Crippen LogP contribution in [0.15, 0.2) is 30.3 Å². The third-order valence-corrected chi connectivity index (χ3v) is 3.83. The second-order valence-corrected chi connectivity index (χ2v) is 5.47. The number of hydrogen-bond acceptors (Lipinski definition) is 3. The third kappa shape index (κ3) is 4.76. The number of benzene rings is 1. The zero-order valence-corrected chi connectivity index (χ0v) is 13.2. The largest absolute Gasteiger partial charge is 0.484 e. The van der Waals surface area contributed by atoms with Crippen LogP contribution in [-0.4, -0.2) is 54.4 Å². The number of hydrogen-bond donors (Lipinski definition) is 0. The van der Waals surface area contributed by atoms with Crippen LogP contribution in [0, 0.1) is 0 Å². The van der Waals surface area contributed by atoms with Gasteiger partial charge in [-0.1, -0.05) is 31.5 Å². The number of para-hydroxylation sites is 1. The van der Waals surface area contributed by atoms with Crippen LogP contribution in [0.3, 0.4) is 0 Å². The number of carbonyl (C=O) groups excluding carboxylic acids is 2. The van der Waals surface area contributed by atoms with E-state index < -0.39 is 0 Å². The maximum atomic E-state index is 12.1. The van der Waals surface area contributed by atoms with Crippen molar-refractivity contribution in [1.82, 2.24) is 9.80 Å². The summed E-state index contributed by atoms with van der Waals surface area (Å²) in [6.07, 6.45) is 2.57. The Morgan fingerprint density at radius 2 is 1.59 bits per heavy atom. The molecule has 2 rings (SSSR count). The molecule has 120 valence electrons. The summed E-state index contributed by atoms with van der Waals surface area (Å²) in [6.45, 7) is 4.56. The summed E-state index contributed by atoms with van der Waals surface area (Å²) >= 11 is 0. The SMILES string of the molecule is CCCCC(=O)N1CCN(C(=O)COc2ccccc2)CC1. The molecule has 0 saturated carbocycles. The number of unbranched alkanes of at least 4 members (excludes halogenated alkanes) is 1. The number of amides is 2. The van der Waals surface area contributed by atoms with Gasteiger partial charge in [-0.2, -0.15) is 0 Å². The van der Waals surface area contributed by atoms with Crippen LogP contribution in [-0.2, 0) is 9.59 Å². The fourth-order valence-electron chi connectivity index (χ4n) is 2.44. The highest BCUT2D eigenvalue weighted by atomic mass is 16.5. The molecule has 1 aliphatic heterocycles. The molecule has 0 unspecified atom stereocenters. The summed E-state index contributed by atoms with van der Waals surface area (Å²) < 4.78 is 5.48. The summed E-state index contributed by atoms with van der Waals surface area (Å²) in [5.74, 6) is 0.878. The van der Waals surface area contributed by atoms with Crippen LogP contribution in [0.4, 0.5) is 0 Å². The van der Waals surface area contributed by atoms with Crippen LogP contribution < -0.4 is 4.74 Å². The summed E-state index contributed by atoms with van der Waals surface area (Å²) in [6, 6.07) is 9.32. The zero-order chi connectivity index (χ0) is 15.8. The van der Waals surface area contributed by atoms with E-state index in [2.05, 4.69) is 6.92 Å². The molecule has 2 amide bonds. The van der Waals surface area contributed by atoms with Crippen LogP contribution in [0.25, 0.3) is 0 Å². The van der Waals surface area contributed by atoms with Gasteiger partial charge < -0.3 is 14.5 Å². The minimum atomic E-state index is -0.0236. The van der Waals surface area contributed by atoms with Crippen molar-refractivity contribution < 1.29 is 14.3 Å². The Hall–Kier alpha value is -2.04. The highest BCUT2D eigenvalue weighted by Crippen LogP contribution is 2.10. The maximum absolute atomic E-state index is 12.1. The fourth-order valence-corrected chi connectivity index (χ4v) is 2.44. The highest BCUT2D eigenvalue weighted by molar-refractivity contribution is 5.79. The lowest BCUT2D eigenvalue weighted by atomic mass is 10.2. The van der Waals surface area contributed by atoms with Gasteiger partial charge >= 0.3 is 0 Å². The lowest BCUT2D eigenvalue weighted by Gasteiger charge is -2.34.